The van der Waals surface area contributed by atoms with E-state index in [1.54, 1.807) is 26.1 Å². The molecule has 0 fully saturated rings. The number of fused-ring (bicyclic) bond motifs is 1. The van der Waals surface area contributed by atoms with Gasteiger partial charge in [0.25, 0.3) is 0 Å². The molecule has 1 aromatic heterocycles. The average Bonchev–Trinajstić information content (AvgIpc) is 2.79. The summed E-state index contributed by atoms with van der Waals surface area (Å²) >= 11 is 0. The lowest BCUT2D eigenvalue weighted by atomic mass is 9.86. The summed E-state index contributed by atoms with van der Waals surface area (Å²) in [5.74, 6) is 0.126. The van der Waals surface area contributed by atoms with E-state index in [0.717, 1.165) is 39.6 Å². The molecule has 0 radical (unpaired) electrons. The molecule has 0 spiro atoms. The fourth-order valence-corrected chi connectivity index (χ4v) is 4.57. The zero-order valence-corrected chi connectivity index (χ0v) is 17.5. The van der Waals surface area contributed by atoms with Crippen LogP contribution in [0.4, 0.5) is 4.39 Å². The first kappa shape index (κ1) is 19.5. The third kappa shape index (κ3) is 3.12. The zero-order valence-electron chi connectivity index (χ0n) is 17.5. The van der Waals surface area contributed by atoms with Crippen LogP contribution in [0.5, 0.6) is 5.75 Å². The molecule has 0 amide bonds. The van der Waals surface area contributed by atoms with E-state index >= 15 is 4.39 Å². The normalized spacial score (nSPS) is 12.7. The summed E-state index contributed by atoms with van der Waals surface area (Å²) in [6.07, 6.45) is 2.62. The number of esters is 1. The Hall–Kier alpha value is -3.47. The van der Waals surface area contributed by atoms with Crippen LogP contribution < -0.4 is 4.74 Å². The molecule has 0 saturated heterocycles. The highest BCUT2D eigenvalue weighted by Gasteiger charge is 2.24. The largest absolute Gasteiger partial charge is 0.493 e. The number of rotatable bonds is 4. The minimum absolute atomic E-state index is 0.00377. The first-order valence-electron chi connectivity index (χ1n) is 10.5. The van der Waals surface area contributed by atoms with Crippen molar-refractivity contribution in [2.75, 3.05) is 13.2 Å². The van der Waals surface area contributed by atoms with Gasteiger partial charge >= 0.3 is 5.97 Å². The lowest BCUT2D eigenvalue weighted by Crippen LogP contribution is -2.12. The number of aromatic nitrogens is 1. The number of carbonyl (C=O) groups excluding carboxylic acids is 1. The molecule has 31 heavy (non-hydrogen) atoms. The maximum atomic E-state index is 15.3. The van der Waals surface area contributed by atoms with Gasteiger partial charge in [-0.25, -0.2) is 4.39 Å². The Morgan fingerprint density at radius 1 is 1.16 bits per heavy atom. The molecule has 1 aliphatic heterocycles. The molecule has 5 heteroatoms. The Morgan fingerprint density at radius 3 is 2.77 bits per heavy atom. The number of ether oxygens (including phenoxy) is 2. The van der Waals surface area contributed by atoms with Crippen molar-refractivity contribution in [3.05, 3.63) is 71.2 Å². The molecule has 0 saturated carbocycles. The standard InChI is InChI=1S/C26H22FNO3/c1-3-30-22(29)14-20-15(2)25(27)18-7-5-4-6-17(18)24(20)19-8-9-21-23-16(11-13-31-21)10-12-28-26(19)23/h4-10,12H,3,11,13-14H2,1-2H3. The SMILES string of the molecule is CCOC(=O)Cc1c(C)c(F)c2ccccc2c1-c1ccc2c3c(ccnc13)CCO2. The Balaban J connectivity index is 1.88. The molecule has 0 aliphatic carbocycles. The van der Waals surface area contributed by atoms with Crippen LogP contribution in [0.1, 0.15) is 23.6 Å². The Kier molecular flexibility index (Phi) is 4.81. The number of hydrogen-bond acceptors (Lipinski definition) is 4. The summed E-state index contributed by atoms with van der Waals surface area (Å²) in [7, 11) is 0. The summed E-state index contributed by atoms with van der Waals surface area (Å²) in [4.78, 5) is 17.1. The molecule has 4 aromatic rings. The van der Waals surface area contributed by atoms with Crippen LogP contribution in [0.3, 0.4) is 0 Å². The van der Waals surface area contributed by atoms with Crippen molar-refractivity contribution in [1.82, 2.24) is 4.98 Å². The van der Waals surface area contributed by atoms with Crippen molar-refractivity contribution >= 4 is 27.6 Å². The van der Waals surface area contributed by atoms with E-state index in [4.69, 9.17) is 9.47 Å². The number of nitrogens with zero attached hydrogens (tertiary/aromatic N) is 1. The van der Waals surface area contributed by atoms with Crippen LogP contribution in [0.25, 0.3) is 32.8 Å². The maximum absolute atomic E-state index is 15.3. The van der Waals surface area contributed by atoms with Crippen molar-refractivity contribution in [1.29, 1.82) is 0 Å². The second kappa shape index (κ2) is 7.65. The van der Waals surface area contributed by atoms with E-state index in [9.17, 15) is 4.79 Å². The molecule has 0 unspecified atom stereocenters. The molecule has 156 valence electrons. The van der Waals surface area contributed by atoms with Crippen LogP contribution in [-0.4, -0.2) is 24.2 Å². The fourth-order valence-electron chi connectivity index (χ4n) is 4.57. The highest BCUT2D eigenvalue weighted by Crippen LogP contribution is 2.43. The molecule has 0 bridgehead atoms. The molecule has 1 aliphatic rings. The van der Waals surface area contributed by atoms with Crippen LogP contribution in [0.2, 0.25) is 0 Å². The summed E-state index contributed by atoms with van der Waals surface area (Å²) in [5, 5.41) is 2.27. The van der Waals surface area contributed by atoms with Crippen molar-refractivity contribution in [2.45, 2.75) is 26.7 Å². The summed E-state index contributed by atoms with van der Waals surface area (Å²) < 4.78 is 26.4. The van der Waals surface area contributed by atoms with Gasteiger partial charge in [0, 0.05) is 29.0 Å². The first-order chi connectivity index (χ1) is 15.1. The van der Waals surface area contributed by atoms with E-state index in [1.807, 2.05) is 36.4 Å². The van der Waals surface area contributed by atoms with Crippen LogP contribution in [0.15, 0.2) is 48.7 Å². The van der Waals surface area contributed by atoms with Gasteiger partial charge in [0.15, 0.2) is 0 Å². The van der Waals surface area contributed by atoms with Crippen molar-refractivity contribution in [3.63, 3.8) is 0 Å². The summed E-state index contributed by atoms with van der Waals surface area (Å²) in [6, 6.07) is 13.3. The van der Waals surface area contributed by atoms with Crippen molar-refractivity contribution in [2.24, 2.45) is 0 Å². The van der Waals surface area contributed by atoms with Gasteiger partial charge in [-0.05, 0) is 59.7 Å². The van der Waals surface area contributed by atoms with Gasteiger partial charge in [-0.3, -0.25) is 9.78 Å². The van der Waals surface area contributed by atoms with E-state index in [0.29, 0.717) is 23.1 Å². The number of benzene rings is 3. The molecule has 0 atom stereocenters. The van der Waals surface area contributed by atoms with E-state index < -0.39 is 0 Å². The monoisotopic (exact) mass is 415 g/mol. The Bertz CT molecular complexity index is 1340. The number of hydrogen-bond donors (Lipinski definition) is 0. The molecule has 0 N–H and O–H groups in total. The van der Waals surface area contributed by atoms with Gasteiger partial charge < -0.3 is 9.47 Å². The first-order valence-corrected chi connectivity index (χ1v) is 10.5. The number of halogens is 1. The number of pyridine rings is 1. The summed E-state index contributed by atoms with van der Waals surface area (Å²) in [6.45, 7) is 4.41. The van der Waals surface area contributed by atoms with Gasteiger partial charge in [0.2, 0.25) is 0 Å². The topological polar surface area (TPSA) is 48.4 Å². The third-order valence-corrected chi connectivity index (χ3v) is 5.98. The van der Waals surface area contributed by atoms with Gasteiger partial charge in [0.05, 0.1) is 25.2 Å². The number of carbonyl (C=O) groups is 1. The molecule has 5 rings (SSSR count). The molecule has 4 nitrogen and oxygen atoms in total. The maximum Gasteiger partial charge on any atom is 0.310 e. The zero-order chi connectivity index (χ0) is 21.5. The quantitative estimate of drug-likeness (QED) is 0.411. The molecule has 3 aromatic carbocycles. The lowest BCUT2D eigenvalue weighted by molar-refractivity contribution is -0.142. The smallest absolute Gasteiger partial charge is 0.310 e. The Labute approximate surface area is 179 Å². The minimum Gasteiger partial charge on any atom is -0.493 e. The second-order valence-electron chi connectivity index (χ2n) is 7.72. The third-order valence-electron chi connectivity index (χ3n) is 5.98. The highest BCUT2D eigenvalue weighted by atomic mass is 19.1. The predicted molar refractivity (Wildman–Crippen MR) is 119 cm³/mol. The van der Waals surface area contributed by atoms with Gasteiger partial charge in [0.1, 0.15) is 11.6 Å². The van der Waals surface area contributed by atoms with Gasteiger partial charge in [-0.2, -0.15) is 0 Å². The predicted octanol–water partition coefficient (Wildman–Crippen LogP) is 5.54. The fraction of sp³-hybridized carbons (Fsp3) is 0.231. The average molecular weight is 415 g/mol. The lowest BCUT2D eigenvalue weighted by Gasteiger charge is -2.22. The minimum atomic E-state index is -0.374. The second-order valence-corrected chi connectivity index (χ2v) is 7.72. The molecular weight excluding hydrogens is 393 g/mol. The molecular formula is C26H22FNO3. The van der Waals surface area contributed by atoms with Crippen molar-refractivity contribution in [3.8, 4) is 16.9 Å². The van der Waals surface area contributed by atoms with E-state index in [1.165, 1.54) is 5.56 Å². The van der Waals surface area contributed by atoms with Crippen molar-refractivity contribution < 1.29 is 18.7 Å². The van der Waals surface area contributed by atoms with Gasteiger partial charge in [-0.1, -0.05) is 24.3 Å². The molecule has 2 heterocycles. The summed E-state index contributed by atoms with van der Waals surface area (Å²) in [5.41, 5.74) is 4.76. The van der Waals surface area contributed by atoms with Crippen LogP contribution in [-0.2, 0) is 22.4 Å². The Morgan fingerprint density at radius 2 is 1.97 bits per heavy atom. The highest BCUT2D eigenvalue weighted by molar-refractivity contribution is 6.08. The van der Waals surface area contributed by atoms with Crippen LogP contribution in [0, 0.1) is 12.7 Å². The van der Waals surface area contributed by atoms with E-state index in [2.05, 4.69) is 4.98 Å². The van der Waals surface area contributed by atoms with E-state index in [-0.39, 0.29) is 24.8 Å². The van der Waals surface area contributed by atoms with Crippen LogP contribution >= 0.6 is 0 Å². The van der Waals surface area contributed by atoms with Gasteiger partial charge in [-0.15, -0.1) is 0 Å².